The van der Waals surface area contributed by atoms with Crippen LogP contribution in [0.5, 0.6) is 0 Å². The van der Waals surface area contributed by atoms with Crippen LogP contribution in [0.3, 0.4) is 0 Å². The Morgan fingerprint density at radius 3 is 2.54 bits per heavy atom. The number of nitrogens with one attached hydrogen (secondary N) is 1. The fourth-order valence-electron chi connectivity index (χ4n) is 2.71. The Bertz CT molecular complexity index is 753. The summed E-state index contributed by atoms with van der Waals surface area (Å²) in [5.74, 6) is -0.833. The third-order valence-electron chi connectivity index (χ3n) is 4.24. The van der Waals surface area contributed by atoms with Crippen LogP contribution in [0.15, 0.2) is 36.4 Å². The second-order valence-corrected chi connectivity index (χ2v) is 6.19. The number of ether oxygens (including phenoxy) is 2. The molecule has 0 aliphatic heterocycles. The van der Waals surface area contributed by atoms with Crippen molar-refractivity contribution in [2.45, 2.75) is 33.4 Å². The molecule has 2 aromatic rings. The lowest BCUT2D eigenvalue weighted by Crippen LogP contribution is -2.37. The summed E-state index contributed by atoms with van der Waals surface area (Å²) in [7, 11) is 1.56. The van der Waals surface area contributed by atoms with Crippen molar-refractivity contribution in [2.75, 3.05) is 20.3 Å². The number of nitrogens with zero attached hydrogens (tertiary/aromatic N) is 1. The number of carbonyl (C=O) groups is 2. The zero-order valence-electron chi connectivity index (χ0n) is 15.7. The van der Waals surface area contributed by atoms with Gasteiger partial charge in [-0.2, -0.15) is 0 Å². The van der Waals surface area contributed by atoms with Crippen LogP contribution in [0.4, 0.5) is 0 Å². The second kappa shape index (κ2) is 9.20. The lowest BCUT2D eigenvalue weighted by Gasteiger charge is -2.14. The Morgan fingerprint density at radius 1 is 1.19 bits per heavy atom. The average molecular weight is 358 g/mol. The fraction of sp³-hybridized carbons (Fsp3) is 0.400. The Balaban J connectivity index is 2.05. The van der Waals surface area contributed by atoms with Crippen LogP contribution in [0.2, 0.25) is 0 Å². The molecule has 6 nitrogen and oxygen atoms in total. The molecule has 0 fully saturated rings. The number of amides is 1. The maximum atomic E-state index is 12.5. The number of aryl methyl sites for hydroxylation is 1. The van der Waals surface area contributed by atoms with Gasteiger partial charge in [-0.3, -0.25) is 4.79 Å². The van der Waals surface area contributed by atoms with Gasteiger partial charge in [0.25, 0.3) is 5.91 Å². The van der Waals surface area contributed by atoms with Crippen molar-refractivity contribution >= 4 is 11.9 Å². The van der Waals surface area contributed by atoms with Crippen molar-refractivity contribution < 1.29 is 19.1 Å². The Kier molecular flexibility index (Phi) is 6.97. The van der Waals surface area contributed by atoms with Gasteiger partial charge in [-0.05, 0) is 32.4 Å². The Hall–Kier alpha value is -2.60. The molecule has 2 rings (SSSR count). The summed E-state index contributed by atoms with van der Waals surface area (Å²) in [5, 5.41) is 2.66. The van der Waals surface area contributed by atoms with E-state index in [4.69, 9.17) is 9.47 Å². The molecule has 0 bridgehead atoms. The molecule has 0 aliphatic rings. The molecule has 0 saturated carbocycles. The highest BCUT2D eigenvalue weighted by molar-refractivity contribution is 5.93. The number of hydrogen-bond donors (Lipinski definition) is 1. The molecule has 6 heteroatoms. The molecule has 1 amide bonds. The molecule has 1 aromatic heterocycles. The largest absolute Gasteiger partial charge is 0.449 e. The van der Waals surface area contributed by atoms with Gasteiger partial charge in [0.2, 0.25) is 0 Å². The van der Waals surface area contributed by atoms with Crippen LogP contribution >= 0.6 is 0 Å². The Labute approximate surface area is 154 Å². The maximum absolute atomic E-state index is 12.5. The molecule has 1 atom stereocenters. The summed E-state index contributed by atoms with van der Waals surface area (Å²) in [5.41, 5.74) is 3.42. The first-order valence-electron chi connectivity index (χ1n) is 8.62. The van der Waals surface area contributed by atoms with Gasteiger partial charge >= 0.3 is 5.97 Å². The van der Waals surface area contributed by atoms with E-state index in [1.54, 1.807) is 20.1 Å². The quantitative estimate of drug-likeness (QED) is 0.581. The summed E-state index contributed by atoms with van der Waals surface area (Å²) >= 11 is 0. The second-order valence-electron chi connectivity index (χ2n) is 6.19. The van der Waals surface area contributed by atoms with Crippen LogP contribution < -0.4 is 5.32 Å². The molecule has 0 aliphatic carbocycles. The van der Waals surface area contributed by atoms with E-state index in [0.717, 1.165) is 17.0 Å². The molecule has 0 saturated heterocycles. The number of benzene rings is 1. The molecule has 0 spiro atoms. The molecule has 1 aromatic carbocycles. The zero-order chi connectivity index (χ0) is 19.1. The normalized spacial score (nSPS) is 11.8. The minimum atomic E-state index is -0.864. The molecule has 140 valence electrons. The topological polar surface area (TPSA) is 69.6 Å². The van der Waals surface area contributed by atoms with Gasteiger partial charge in [-0.15, -0.1) is 0 Å². The molecule has 26 heavy (non-hydrogen) atoms. The molecule has 1 heterocycles. The van der Waals surface area contributed by atoms with E-state index in [-0.39, 0.29) is 5.91 Å². The highest BCUT2D eigenvalue weighted by Gasteiger charge is 2.22. The highest BCUT2D eigenvalue weighted by Crippen LogP contribution is 2.18. The number of rotatable bonds is 8. The van der Waals surface area contributed by atoms with E-state index < -0.39 is 12.1 Å². The minimum absolute atomic E-state index is 0.339. The molecule has 1 N–H and O–H groups in total. The van der Waals surface area contributed by atoms with E-state index >= 15 is 0 Å². The summed E-state index contributed by atoms with van der Waals surface area (Å²) in [6.07, 6.45) is -0.864. The predicted octanol–water partition coefficient (Wildman–Crippen LogP) is 2.46. The SMILES string of the molecule is COCCNC(=O)[C@H](C)OC(=O)c1cc(C)n(Cc2ccccc2)c1C. The number of hydrogen-bond acceptors (Lipinski definition) is 4. The maximum Gasteiger partial charge on any atom is 0.340 e. The number of esters is 1. The standard InChI is InChI=1S/C20H26N2O4/c1-14-12-18(15(2)22(14)13-17-8-6-5-7-9-17)20(24)26-16(3)19(23)21-10-11-25-4/h5-9,12,16H,10-11,13H2,1-4H3,(H,21,23)/t16-/m0/s1. The van der Waals surface area contributed by atoms with Gasteiger partial charge in [0.15, 0.2) is 6.10 Å². The number of methoxy groups -OCH3 is 1. The molecule has 0 unspecified atom stereocenters. The molecular formula is C20H26N2O4. The van der Waals surface area contributed by atoms with E-state index in [9.17, 15) is 9.59 Å². The fourth-order valence-corrected chi connectivity index (χ4v) is 2.71. The summed E-state index contributed by atoms with van der Waals surface area (Å²) < 4.78 is 12.3. The van der Waals surface area contributed by atoms with Crippen molar-refractivity contribution in [1.29, 1.82) is 0 Å². The van der Waals surface area contributed by atoms with Crippen LogP contribution in [-0.2, 0) is 20.8 Å². The van der Waals surface area contributed by atoms with Gasteiger partial charge in [0, 0.05) is 31.6 Å². The van der Waals surface area contributed by atoms with Crippen molar-refractivity contribution in [3.8, 4) is 0 Å². The summed E-state index contributed by atoms with van der Waals surface area (Å²) in [6, 6.07) is 11.8. The van der Waals surface area contributed by atoms with E-state index in [0.29, 0.717) is 25.3 Å². The predicted molar refractivity (Wildman–Crippen MR) is 99.2 cm³/mol. The Morgan fingerprint density at radius 2 is 1.88 bits per heavy atom. The summed E-state index contributed by atoms with van der Waals surface area (Å²) in [4.78, 5) is 24.4. The van der Waals surface area contributed by atoms with Gasteiger partial charge in [-0.25, -0.2) is 4.79 Å². The van der Waals surface area contributed by atoms with Crippen molar-refractivity contribution in [1.82, 2.24) is 9.88 Å². The average Bonchev–Trinajstić information content (AvgIpc) is 2.91. The smallest absolute Gasteiger partial charge is 0.340 e. The number of carbonyl (C=O) groups excluding carboxylic acids is 2. The van der Waals surface area contributed by atoms with Gasteiger partial charge in [-0.1, -0.05) is 30.3 Å². The van der Waals surface area contributed by atoms with E-state index in [2.05, 4.69) is 9.88 Å². The summed E-state index contributed by atoms with van der Waals surface area (Å²) in [6.45, 7) is 6.86. The first-order chi connectivity index (χ1) is 12.4. The van der Waals surface area contributed by atoms with Gasteiger partial charge in [0.1, 0.15) is 0 Å². The van der Waals surface area contributed by atoms with Crippen LogP contribution in [0.1, 0.15) is 34.2 Å². The highest BCUT2D eigenvalue weighted by atomic mass is 16.5. The minimum Gasteiger partial charge on any atom is -0.449 e. The van der Waals surface area contributed by atoms with Crippen molar-refractivity contribution in [3.63, 3.8) is 0 Å². The lowest BCUT2D eigenvalue weighted by molar-refractivity contribution is -0.129. The molecular weight excluding hydrogens is 332 g/mol. The van der Waals surface area contributed by atoms with Gasteiger partial charge in [0.05, 0.1) is 12.2 Å². The van der Waals surface area contributed by atoms with Crippen molar-refractivity contribution in [2.24, 2.45) is 0 Å². The number of aromatic nitrogens is 1. The van der Waals surface area contributed by atoms with E-state index in [1.165, 1.54) is 0 Å². The molecule has 0 radical (unpaired) electrons. The van der Waals surface area contributed by atoms with Crippen LogP contribution in [0, 0.1) is 13.8 Å². The van der Waals surface area contributed by atoms with E-state index in [1.807, 2.05) is 44.2 Å². The first-order valence-corrected chi connectivity index (χ1v) is 8.62. The monoisotopic (exact) mass is 358 g/mol. The van der Waals surface area contributed by atoms with Crippen LogP contribution in [-0.4, -0.2) is 42.8 Å². The van der Waals surface area contributed by atoms with Crippen molar-refractivity contribution in [3.05, 3.63) is 58.9 Å². The van der Waals surface area contributed by atoms with Gasteiger partial charge < -0.3 is 19.4 Å². The zero-order valence-corrected chi connectivity index (χ0v) is 15.7. The van der Waals surface area contributed by atoms with Crippen LogP contribution in [0.25, 0.3) is 0 Å². The lowest BCUT2D eigenvalue weighted by atomic mass is 10.2. The third kappa shape index (κ3) is 4.95. The first kappa shape index (κ1) is 19.7. The third-order valence-corrected chi connectivity index (χ3v) is 4.24.